The Hall–Kier alpha value is -1.42. The van der Waals surface area contributed by atoms with Crippen molar-refractivity contribution in [2.75, 3.05) is 6.61 Å². The first-order valence-corrected chi connectivity index (χ1v) is 5.36. The minimum atomic E-state index is -1.09. The quantitative estimate of drug-likeness (QED) is 0.771. The molecule has 0 aromatic carbocycles. The molecule has 0 amide bonds. The van der Waals surface area contributed by atoms with Gasteiger partial charge < -0.3 is 9.84 Å². The minimum absolute atomic E-state index is 0.192. The van der Waals surface area contributed by atoms with Gasteiger partial charge >= 0.3 is 5.97 Å². The van der Waals surface area contributed by atoms with Crippen LogP contribution < -0.4 is 0 Å². The van der Waals surface area contributed by atoms with E-state index in [1.807, 2.05) is 0 Å². The topological polar surface area (TPSA) is 59.4 Å². The van der Waals surface area contributed by atoms with Crippen LogP contribution in [0.4, 0.5) is 0 Å². The Morgan fingerprint density at radius 2 is 2.31 bits per heavy atom. The summed E-state index contributed by atoms with van der Waals surface area (Å²) in [4.78, 5) is 15.2. The Morgan fingerprint density at radius 3 is 2.88 bits per heavy atom. The van der Waals surface area contributed by atoms with Crippen LogP contribution in [0.15, 0.2) is 24.4 Å². The van der Waals surface area contributed by atoms with Crippen molar-refractivity contribution in [2.24, 2.45) is 0 Å². The number of carbonyl (C=O) groups is 1. The highest BCUT2D eigenvalue weighted by Crippen LogP contribution is 2.23. The maximum absolute atomic E-state index is 11.2. The van der Waals surface area contributed by atoms with Crippen molar-refractivity contribution in [3.63, 3.8) is 0 Å². The molecule has 0 bridgehead atoms. The summed E-state index contributed by atoms with van der Waals surface area (Å²) in [5.74, 6) is -0.293. The summed E-state index contributed by atoms with van der Waals surface area (Å²) in [6.07, 6.45) is 2.12. The van der Waals surface area contributed by atoms with Gasteiger partial charge in [-0.1, -0.05) is 6.07 Å². The maximum atomic E-state index is 11.2. The molecule has 1 aromatic rings. The summed E-state index contributed by atoms with van der Waals surface area (Å²) in [5.41, 5.74) is -0.520. The van der Waals surface area contributed by atoms with Crippen molar-refractivity contribution in [1.82, 2.24) is 4.98 Å². The number of carbonyl (C=O) groups excluding carboxylic acids is 1. The molecular weight excluding hydrogens is 206 g/mol. The van der Waals surface area contributed by atoms with Gasteiger partial charge in [-0.3, -0.25) is 9.78 Å². The van der Waals surface area contributed by atoms with E-state index in [0.29, 0.717) is 18.7 Å². The molecule has 0 aliphatic carbocycles. The standard InChI is InChI=1S/C12H17NO3/c1-3-16-11(14)7-8-12(2,15)10-6-4-5-9-13-10/h4-6,9,15H,3,7-8H2,1-2H3. The van der Waals surface area contributed by atoms with E-state index in [0.717, 1.165) is 0 Å². The number of ether oxygens (including phenoxy) is 1. The molecule has 16 heavy (non-hydrogen) atoms. The van der Waals surface area contributed by atoms with Crippen LogP contribution in [0.1, 0.15) is 32.4 Å². The minimum Gasteiger partial charge on any atom is -0.466 e. The van der Waals surface area contributed by atoms with Crippen LogP contribution >= 0.6 is 0 Å². The van der Waals surface area contributed by atoms with Crippen LogP contribution in [0.2, 0.25) is 0 Å². The first-order valence-electron chi connectivity index (χ1n) is 5.36. The fourth-order valence-electron chi connectivity index (χ4n) is 1.39. The molecule has 1 heterocycles. The lowest BCUT2D eigenvalue weighted by Crippen LogP contribution is -2.24. The zero-order valence-corrected chi connectivity index (χ0v) is 9.64. The highest BCUT2D eigenvalue weighted by molar-refractivity contribution is 5.69. The molecule has 1 rings (SSSR count). The van der Waals surface area contributed by atoms with E-state index >= 15 is 0 Å². The van der Waals surface area contributed by atoms with E-state index < -0.39 is 5.60 Å². The van der Waals surface area contributed by atoms with Crippen molar-refractivity contribution < 1.29 is 14.6 Å². The van der Waals surface area contributed by atoms with E-state index in [1.54, 1.807) is 38.2 Å². The molecule has 4 nitrogen and oxygen atoms in total. The molecule has 1 unspecified atom stereocenters. The molecule has 0 aliphatic heterocycles. The first kappa shape index (κ1) is 12.6. The maximum Gasteiger partial charge on any atom is 0.305 e. The Morgan fingerprint density at radius 1 is 1.56 bits per heavy atom. The number of hydrogen-bond donors (Lipinski definition) is 1. The average Bonchev–Trinajstić information content (AvgIpc) is 2.28. The molecule has 0 spiro atoms. The lowest BCUT2D eigenvalue weighted by Gasteiger charge is -2.21. The number of hydrogen-bond acceptors (Lipinski definition) is 4. The zero-order chi connectivity index (χ0) is 12.0. The van der Waals surface area contributed by atoms with Gasteiger partial charge in [0.25, 0.3) is 0 Å². The van der Waals surface area contributed by atoms with Gasteiger partial charge in [-0.15, -0.1) is 0 Å². The molecule has 4 heteroatoms. The number of aromatic nitrogens is 1. The Labute approximate surface area is 95.3 Å². The van der Waals surface area contributed by atoms with Gasteiger partial charge in [-0.2, -0.15) is 0 Å². The van der Waals surface area contributed by atoms with Gasteiger partial charge in [-0.25, -0.2) is 0 Å². The van der Waals surface area contributed by atoms with E-state index in [9.17, 15) is 9.90 Å². The van der Waals surface area contributed by atoms with Crippen molar-refractivity contribution in [3.8, 4) is 0 Å². The molecule has 0 saturated heterocycles. The first-order chi connectivity index (χ1) is 7.56. The van der Waals surface area contributed by atoms with Gasteiger partial charge in [0.1, 0.15) is 5.60 Å². The smallest absolute Gasteiger partial charge is 0.305 e. The number of nitrogens with zero attached hydrogens (tertiary/aromatic N) is 1. The molecule has 0 radical (unpaired) electrons. The van der Waals surface area contributed by atoms with Crippen LogP contribution in [-0.4, -0.2) is 22.7 Å². The van der Waals surface area contributed by atoms with Crippen LogP contribution in [0.5, 0.6) is 0 Å². The molecule has 1 aromatic heterocycles. The molecule has 1 N–H and O–H groups in total. The van der Waals surface area contributed by atoms with Crippen LogP contribution in [0.25, 0.3) is 0 Å². The monoisotopic (exact) mass is 223 g/mol. The van der Waals surface area contributed by atoms with Gasteiger partial charge in [0, 0.05) is 12.6 Å². The van der Waals surface area contributed by atoms with Crippen molar-refractivity contribution in [3.05, 3.63) is 30.1 Å². The van der Waals surface area contributed by atoms with E-state index in [2.05, 4.69) is 4.98 Å². The Balaban J connectivity index is 2.55. The van der Waals surface area contributed by atoms with Gasteiger partial charge in [0.05, 0.1) is 12.3 Å². The fourth-order valence-corrected chi connectivity index (χ4v) is 1.39. The molecule has 88 valence electrons. The van der Waals surface area contributed by atoms with E-state index in [4.69, 9.17) is 4.74 Å². The predicted molar refractivity (Wildman–Crippen MR) is 59.7 cm³/mol. The van der Waals surface area contributed by atoms with Crippen molar-refractivity contribution in [1.29, 1.82) is 0 Å². The molecular formula is C12H17NO3. The lowest BCUT2D eigenvalue weighted by atomic mass is 9.95. The van der Waals surface area contributed by atoms with Crippen molar-refractivity contribution in [2.45, 2.75) is 32.3 Å². The Bertz CT molecular complexity index is 335. The lowest BCUT2D eigenvalue weighted by molar-refractivity contribution is -0.144. The highest BCUT2D eigenvalue weighted by Gasteiger charge is 2.25. The zero-order valence-electron chi connectivity index (χ0n) is 9.64. The van der Waals surface area contributed by atoms with E-state index in [1.165, 1.54) is 0 Å². The van der Waals surface area contributed by atoms with Crippen LogP contribution in [0, 0.1) is 0 Å². The third kappa shape index (κ3) is 3.62. The molecule has 0 fully saturated rings. The van der Waals surface area contributed by atoms with Gasteiger partial charge in [-0.05, 0) is 32.4 Å². The van der Waals surface area contributed by atoms with Crippen LogP contribution in [0.3, 0.4) is 0 Å². The summed E-state index contributed by atoms with van der Waals surface area (Å²) in [6.45, 7) is 3.77. The number of aliphatic hydroxyl groups is 1. The summed E-state index contributed by atoms with van der Waals surface area (Å²) in [5, 5.41) is 10.1. The summed E-state index contributed by atoms with van der Waals surface area (Å²) in [6, 6.07) is 5.33. The second kappa shape index (κ2) is 5.61. The fraction of sp³-hybridized carbons (Fsp3) is 0.500. The van der Waals surface area contributed by atoms with Crippen molar-refractivity contribution >= 4 is 5.97 Å². The molecule has 0 aliphatic rings. The molecule has 1 atom stereocenters. The summed E-state index contributed by atoms with van der Waals surface area (Å²) in [7, 11) is 0. The average molecular weight is 223 g/mol. The second-order valence-electron chi connectivity index (χ2n) is 3.79. The number of esters is 1. The predicted octanol–water partition coefficient (Wildman–Crippen LogP) is 1.63. The largest absolute Gasteiger partial charge is 0.466 e. The summed E-state index contributed by atoms with van der Waals surface area (Å²) < 4.78 is 4.80. The van der Waals surface area contributed by atoms with Crippen LogP contribution in [-0.2, 0) is 15.1 Å². The SMILES string of the molecule is CCOC(=O)CCC(C)(O)c1ccccn1. The number of rotatable bonds is 5. The normalized spacial score (nSPS) is 14.2. The molecule has 0 saturated carbocycles. The third-order valence-corrected chi connectivity index (χ3v) is 2.34. The van der Waals surface area contributed by atoms with Gasteiger partial charge in [0.15, 0.2) is 0 Å². The summed E-state index contributed by atoms with van der Waals surface area (Å²) >= 11 is 0. The Kier molecular flexibility index (Phi) is 4.43. The van der Waals surface area contributed by atoms with Gasteiger partial charge in [0.2, 0.25) is 0 Å². The number of pyridine rings is 1. The third-order valence-electron chi connectivity index (χ3n) is 2.34. The van der Waals surface area contributed by atoms with E-state index in [-0.39, 0.29) is 12.4 Å². The second-order valence-corrected chi connectivity index (χ2v) is 3.79. The highest BCUT2D eigenvalue weighted by atomic mass is 16.5.